The van der Waals surface area contributed by atoms with E-state index in [2.05, 4.69) is 15.3 Å². The minimum Gasteiger partial charge on any atom is -0.545 e. The smallest absolute Gasteiger partial charge is 0.427 e. The van der Waals surface area contributed by atoms with Gasteiger partial charge in [-0.1, -0.05) is 18.2 Å². The van der Waals surface area contributed by atoms with Gasteiger partial charge in [0, 0.05) is 5.56 Å². The lowest BCUT2D eigenvalue weighted by atomic mass is 10.1. The molecule has 0 aliphatic rings. The third-order valence-corrected chi connectivity index (χ3v) is 2.63. The number of hydrogen-bond acceptors (Lipinski definition) is 6. The average Bonchev–Trinajstić information content (AvgIpc) is 2.96. The zero-order chi connectivity index (χ0) is 15.9. The van der Waals surface area contributed by atoms with Gasteiger partial charge in [-0.05, 0) is 30.7 Å². The SMILES string of the molecule is CCOC(=O)N/N=C\c1ccc(-c2cccc(C(=O)[O-])c2)o1. The molecule has 114 valence electrons. The maximum absolute atomic E-state index is 11.0. The standard InChI is InChI=1S/C15H14N2O5/c1-2-21-15(20)17-16-9-12-6-7-13(22-12)10-4-3-5-11(8-10)14(18)19/h3-9H,2H2,1H3,(H,17,20)(H,18,19)/p-1/b16-9-. The molecule has 0 bridgehead atoms. The number of aromatic carboxylic acids is 1. The first-order valence-corrected chi connectivity index (χ1v) is 6.47. The van der Waals surface area contributed by atoms with Crippen LogP contribution in [0.1, 0.15) is 23.0 Å². The molecule has 0 unspecified atom stereocenters. The quantitative estimate of drug-likeness (QED) is 0.664. The van der Waals surface area contributed by atoms with E-state index in [-0.39, 0.29) is 12.2 Å². The highest BCUT2D eigenvalue weighted by Gasteiger charge is 2.05. The number of rotatable bonds is 5. The van der Waals surface area contributed by atoms with Crippen molar-refractivity contribution >= 4 is 18.3 Å². The maximum Gasteiger partial charge on any atom is 0.427 e. The van der Waals surface area contributed by atoms with Crippen molar-refractivity contribution in [1.29, 1.82) is 0 Å². The summed E-state index contributed by atoms with van der Waals surface area (Å²) in [7, 11) is 0. The second kappa shape index (κ2) is 7.07. The van der Waals surface area contributed by atoms with Crippen LogP contribution in [-0.2, 0) is 4.74 Å². The number of furan rings is 1. The van der Waals surface area contributed by atoms with Crippen molar-refractivity contribution in [3.63, 3.8) is 0 Å². The summed E-state index contributed by atoms with van der Waals surface area (Å²) in [6.45, 7) is 1.93. The predicted molar refractivity (Wildman–Crippen MR) is 76.2 cm³/mol. The van der Waals surface area contributed by atoms with E-state index in [0.29, 0.717) is 17.1 Å². The van der Waals surface area contributed by atoms with Gasteiger partial charge in [-0.15, -0.1) is 0 Å². The molecule has 7 nitrogen and oxygen atoms in total. The molecule has 2 rings (SSSR count). The molecule has 0 saturated carbocycles. The Labute approximate surface area is 126 Å². The Morgan fingerprint density at radius 3 is 2.91 bits per heavy atom. The van der Waals surface area contributed by atoms with E-state index in [4.69, 9.17) is 4.42 Å². The Bertz CT molecular complexity index is 705. The molecule has 0 aliphatic heterocycles. The third kappa shape index (κ3) is 3.95. The molecule has 0 atom stereocenters. The lowest BCUT2D eigenvalue weighted by Gasteiger charge is -2.03. The Kier molecular flexibility index (Phi) is 4.92. The van der Waals surface area contributed by atoms with Gasteiger partial charge in [0.15, 0.2) is 0 Å². The lowest BCUT2D eigenvalue weighted by Crippen LogP contribution is -2.22. The number of carboxylic acids is 1. The highest BCUT2D eigenvalue weighted by Crippen LogP contribution is 2.22. The number of carbonyl (C=O) groups excluding carboxylic acids is 2. The summed E-state index contributed by atoms with van der Waals surface area (Å²) in [5.74, 6) is -0.389. The number of benzene rings is 1. The van der Waals surface area contributed by atoms with Gasteiger partial charge in [0.1, 0.15) is 11.5 Å². The molecule has 1 aromatic carbocycles. The second-order valence-electron chi connectivity index (χ2n) is 4.16. The molecular formula is C15H13N2O5-. The van der Waals surface area contributed by atoms with Gasteiger partial charge >= 0.3 is 6.09 Å². The zero-order valence-corrected chi connectivity index (χ0v) is 11.7. The lowest BCUT2D eigenvalue weighted by molar-refractivity contribution is -0.255. The first-order chi connectivity index (χ1) is 10.6. The molecule has 0 fully saturated rings. The Balaban J connectivity index is 2.08. The van der Waals surface area contributed by atoms with Gasteiger partial charge in [-0.2, -0.15) is 5.10 Å². The number of nitrogens with zero attached hydrogens (tertiary/aromatic N) is 1. The highest BCUT2D eigenvalue weighted by atomic mass is 16.5. The number of carbonyl (C=O) groups is 2. The van der Waals surface area contributed by atoms with Gasteiger partial charge < -0.3 is 19.1 Å². The Morgan fingerprint density at radius 1 is 1.36 bits per heavy atom. The van der Waals surface area contributed by atoms with Crippen molar-refractivity contribution in [3.8, 4) is 11.3 Å². The second-order valence-corrected chi connectivity index (χ2v) is 4.16. The van der Waals surface area contributed by atoms with Crippen molar-refractivity contribution < 1.29 is 23.8 Å². The van der Waals surface area contributed by atoms with Crippen LogP contribution < -0.4 is 10.5 Å². The Hall–Kier alpha value is -3.09. The molecule has 1 heterocycles. The molecule has 0 spiro atoms. The van der Waals surface area contributed by atoms with Crippen LogP contribution in [0.25, 0.3) is 11.3 Å². The summed E-state index contributed by atoms with van der Waals surface area (Å²) in [6, 6.07) is 9.50. The number of carboxylic acid groups (broad SMARTS) is 1. The van der Waals surface area contributed by atoms with Gasteiger partial charge in [0.25, 0.3) is 0 Å². The Morgan fingerprint density at radius 2 is 2.18 bits per heavy atom. The molecule has 1 aromatic heterocycles. The first kappa shape index (κ1) is 15.3. The number of hydrogen-bond donors (Lipinski definition) is 1. The number of hydrazone groups is 1. The zero-order valence-electron chi connectivity index (χ0n) is 11.7. The number of ether oxygens (including phenoxy) is 1. The van der Waals surface area contributed by atoms with E-state index in [9.17, 15) is 14.7 Å². The van der Waals surface area contributed by atoms with E-state index in [1.807, 2.05) is 0 Å². The molecule has 1 amide bonds. The van der Waals surface area contributed by atoms with Crippen molar-refractivity contribution in [1.82, 2.24) is 5.43 Å². The van der Waals surface area contributed by atoms with Crippen LogP contribution in [0.2, 0.25) is 0 Å². The van der Waals surface area contributed by atoms with Crippen molar-refractivity contribution in [3.05, 3.63) is 47.7 Å². The fourth-order valence-corrected chi connectivity index (χ4v) is 1.69. The molecular weight excluding hydrogens is 288 g/mol. The molecule has 22 heavy (non-hydrogen) atoms. The van der Waals surface area contributed by atoms with Crippen LogP contribution in [-0.4, -0.2) is 24.9 Å². The van der Waals surface area contributed by atoms with Crippen LogP contribution in [0, 0.1) is 0 Å². The van der Waals surface area contributed by atoms with Crippen molar-refractivity contribution in [2.24, 2.45) is 5.10 Å². The summed E-state index contributed by atoms with van der Waals surface area (Å²) in [4.78, 5) is 21.9. The van der Waals surface area contributed by atoms with E-state index in [1.54, 1.807) is 31.2 Å². The molecule has 2 aromatic rings. The predicted octanol–water partition coefficient (Wildman–Crippen LogP) is 1.39. The van der Waals surface area contributed by atoms with Crippen LogP contribution in [0.5, 0.6) is 0 Å². The summed E-state index contributed by atoms with van der Waals surface area (Å²) in [5.41, 5.74) is 2.83. The van der Waals surface area contributed by atoms with Gasteiger partial charge in [0.2, 0.25) is 0 Å². The summed E-state index contributed by atoms with van der Waals surface area (Å²) < 4.78 is 10.1. The van der Waals surface area contributed by atoms with E-state index >= 15 is 0 Å². The minimum absolute atomic E-state index is 0.0631. The highest BCUT2D eigenvalue weighted by molar-refractivity contribution is 5.87. The molecule has 0 aliphatic carbocycles. The first-order valence-electron chi connectivity index (χ1n) is 6.47. The number of amides is 1. The number of nitrogens with one attached hydrogen (secondary N) is 1. The van der Waals surface area contributed by atoms with Crippen molar-refractivity contribution in [2.45, 2.75) is 6.92 Å². The van der Waals surface area contributed by atoms with E-state index < -0.39 is 12.1 Å². The van der Waals surface area contributed by atoms with Gasteiger partial charge in [-0.3, -0.25) is 0 Å². The topological polar surface area (TPSA) is 104 Å². The summed E-state index contributed by atoms with van der Waals surface area (Å²) >= 11 is 0. The molecule has 0 radical (unpaired) electrons. The van der Waals surface area contributed by atoms with Crippen LogP contribution in [0.3, 0.4) is 0 Å². The van der Waals surface area contributed by atoms with Gasteiger partial charge in [-0.25, -0.2) is 10.2 Å². The normalized spacial score (nSPS) is 10.6. The monoisotopic (exact) mass is 301 g/mol. The maximum atomic E-state index is 11.0. The van der Waals surface area contributed by atoms with Crippen molar-refractivity contribution in [2.75, 3.05) is 6.61 Å². The molecule has 0 saturated heterocycles. The summed E-state index contributed by atoms with van der Waals surface area (Å²) in [5, 5.41) is 14.5. The van der Waals surface area contributed by atoms with Crippen LogP contribution in [0.15, 0.2) is 45.9 Å². The van der Waals surface area contributed by atoms with E-state index in [1.165, 1.54) is 18.3 Å². The largest absolute Gasteiger partial charge is 0.545 e. The van der Waals surface area contributed by atoms with Crippen LogP contribution in [0.4, 0.5) is 4.79 Å². The fourth-order valence-electron chi connectivity index (χ4n) is 1.69. The third-order valence-electron chi connectivity index (χ3n) is 2.63. The summed E-state index contributed by atoms with van der Waals surface area (Å²) in [6.07, 6.45) is 0.649. The fraction of sp³-hybridized carbons (Fsp3) is 0.133. The van der Waals surface area contributed by atoms with Gasteiger partial charge in [0.05, 0.1) is 18.8 Å². The van der Waals surface area contributed by atoms with Crippen LogP contribution >= 0.6 is 0 Å². The molecule has 1 N–H and O–H groups in total. The minimum atomic E-state index is -1.26. The average molecular weight is 301 g/mol. The molecule has 7 heteroatoms. The van der Waals surface area contributed by atoms with E-state index in [0.717, 1.165) is 0 Å².